The third-order valence-corrected chi connectivity index (χ3v) is 6.75. The van der Waals surface area contributed by atoms with Crippen LogP contribution in [-0.4, -0.2) is 34.6 Å². The van der Waals surface area contributed by atoms with Crippen LogP contribution in [0.25, 0.3) is 5.69 Å². The first-order valence-electron chi connectivity index (χ1n) is 11.6. The number of urea groups is 1. The highest BCUT2D eigenvalue weighted by atomic mass is 16.5. The first-order chi connectivity index (χ1) is 15.1. The van der Waals surface area contributed by atoms with Gasteiger partial charge in [-0.1, -0.05) is 25.1 Å². The lowest BCUT2D eigenvalue weighted by Gasteiger charge is -2.32. The van der Waals surface area contributed by atoms with Crippen LogP contribution in [0.4, 0.5) is 4.79 Å². The van der Waals surface area contributed by atoms with Crippen molar-refractivity contribution in [3.05, 3.63) is 53.9 Å². The predicted octanol–water partition coefficient (Wildman–Crippen LogP) is 4.82. The monoisotopic (exact) mass is 423 g/mol. The van der Waals surface area contributed by atoms with Gasteiger partial charge in [0.1, 0.15) is 0 Å². The number of esters is 1. The van der Waals surface area contributed by atoms with Gasteiger partial charge in [0, 0.05) is 18.4 Å². The molecule has 31 heavy (non-hydrogen) atoms. The van der Waals surface area contributed by atoms with Crippen LogP contribution < -0.4 is 5.32 Å². The number of aromatic nitrogens is 1. The number of fused-ring (bicyclic) bond motifs is 3. The molecule has 0 saturated heterocycles. The highest BCUT2D eigenvalue weighted by molar-refractivity contribution is 5.75. The van der Waals surface area contributed by atoms with Gasteiger partial charge in [-0.25, -0.2) is 4.79 Å². The standard InChI is InChI=1S/C25H33N3O3/c1-3-21-23-10-7-15-27(23)22-9-6-5-8-20(22)17-28(21)25(30)26-16-18-11-13-19(14-12-18)24(29)31-4-2/h5-10,15,18-19,21H,3-4,11-14,16-17H2,1-2H3,(H,26,30). The molecule has 1 unspecified atom stereocenters. The van der Waals surface area contributed by atoms with Crippen molar-refractivity contribution in [2.45, 2.75) is 58.5 Å². The molecule has 1 saturated carbocycles. The molecule has 6 heteroatoms. The molecule has 2 amide bonds. The molecular formula is C25H33N3O3. The number of amides is 2. The zero-order valence-corrected chi connectivity index (χ0v) is 18.5. The summed E-state index contributed by atoms with van der Waals surface area (Å²) < 4.78 is 7.38. The van der Waals surface area contributed by atoms with Crippen LogP contribution in [0, 0.1) is 11.8 Å². The number of hydrogen-bond acceptors (Lipinski definition) is 3. The Bertz CT molecular complexity index is 914. The van der Waals surface area contributed by atoms with Gasteiger partial charge >= 0.3 is 12.0 Å². The smallest absolute Gasteiger partial charge is 0.318 e. The van der Waals surface area contributed by atoms with Crippen molar-refractivity contribution >= 4 is 12.0 Å². The van der Waals surface area contributed by atoms with E-state index < -0.39 is 0 Å². The van der Waals surface area contributed by atoms with E-state index in [2.05, 4.69) is 47.3 Å². The topological polar surface area (TPSA) is 63.6 Å². The molecule has 0 radical (unpaired) electrons. The number of benzene rings is 1. The number of carbonyl (C=O) groups is 2. The van der Waals surface area contributed by atoms with Gasteiger partial charge in [0.25, 0.3) is 0 Å². The summed E-state index contributed by atoms with van der Waals surface area (Å²) in [5.74, 6) is 0.367. The van der Waals surface area contributed by atoms with Crippen LogP contribution >= 0.6 is 0 Å². The first kappa shape index (κ1) is 21.5. The number of rotatable bonds is 5. The van der Waals surface area contributed by atoms with Crippen molar-refractivity contribution in [2.75, 3.05) is 13.2 Å². The van der Waals surface area contributed by atoms with Crippen LogP contribution in [0.2, 0.25) is 0 Å². The van der Waals surface area contributed by atoms with Crippen LogP contribution in [0.15, 0.2) is 42.6 Å². The van der Waals surface area contributed by atoms with Crippen molar-refractivity contribution in [3.8, 4) is 5.69 Å². The van der Waals surface area contributed by atoms with E-state index in [1.807, 2.05) is 24.0 Å². The van der Waals surface area contributed by atoms with E-state index in [0.717, 1.165) is 49.0 Å². The van der Waals surface area contributed by atoms with Crippen molar-refractivity contribution in [1.29, 1.82) is 0 Å². The molecule has 1 fully saturated rings. The molecule has 4 rings (SSSR count). The first-order valence-corrected chi connectivity index (χ1v) is 11.6. The van der Waals surface area contributed by atoms with Gasteiger partial charge in [0.2, 0.25) is 0 Å². The normalized spacial score (nSPS) is 22.8. The second kappa shape index (κ2) is 9.58. The number of para-hydroxylation sites is 1. The maximum absolute atomic E-state index is 13.3. The van der Waals surface area contributed by atoms with Crippen molar-refractivity contribution in [1.82, 2.24) is 14.8 Å². The maximum Gasteiger partial charge on any atom is 0.318 e. The summed E-state index contributed by atoms with van der Waals surface area (Å²) >= 11 is 0. The molecule has 1 aromatic heterocycles. The fourth-order valence-corrected chi connectivity index (χ4v) is 5.06. The van der Waals surface area contributed by atoms with Gasteiger partial charge in [-0.05, 0) is 68.7 Å². The molecule has 0 spiro atoms. The zero-order chi connectivity index (χ0) is 21.8. The Labute approximate surface area is 184 Å². The summed E-state index contributed by atoms with van der Waals surface area (Å²) in [6.07, 6.45) is 6.54. The average molecular weight is 424 g/mol. The molecule has 1 aliphatic carbocycles. The SMILES string of the molecule is CCOC(=O)C1CCC(CNC(=O)N2Cc3ccccc3-n3cccc3C2CC)CC1. The molecule has 6 nitrogen and oxygen atoms in total. The van der Waals surface area contributed by atoms with E-state index in [-0.39, 0.29) is 24.0 Å². The fraction of sp³-hybridized carbons (Fsp3) is 0.520. The third kappa shape index (κ3) is 4.48. The summed E-state index contributed by atoms with van der Waals surface area (Å²) in [5.41, 5.74) is 3.45. The minimum atomic E-state index is -0.0676. The zero-order valence-electron chi connectivity index (χ0n) is 18.5. The Morgan fingerprint density at radius 1 is 1.06 bits per heavy atom. The van der Waals surface area contributed by atoms with Gasteiger partial charge in [-0.2, -0.15) is 0 Å². The Kier molecular flexibility index (Phi) is 6.64. The molecule has 2 heterocycles. The number of nitrogens with zero attached hydrogens (tertiary/aromatic N) is 2. The van der Waals surface area contributed by atoms with Gasteiger partial charge < -0.3 is 19.5 Å². The molecule has 2 aromatic rings. The molecule has 166 valence electrons. The summed E-state index contributed by atoms with van der Waals surface area (Å²) in [4.78, 5) is 27.2. The highest BCUT2D eigenvalue weighted by Gasteiger charge is 2.32. The minimum absolute atomic E-state index is 0.0104. The van der Waals surface area contributed by atoms with Crippen LogP contribution in [-0.2, 0) is 16.1 Å². The van der Waals surface area contributed by atoms with Gasteiger partial charge in [-0.3, -0.25) is 4.79 Å². The molecule has 1 aliphatic heterocycles. The number of nitrogens with one attached hydrogen (secondary N) is 1. The lowest BCUT2D eigenvalue weighted by atomic mass is 9.82. The van der Waals surface area contributed by atoms with Crippen LogP contribution in [0.1, 0.15) is 63.3 Å². The Hall–Kier alpha value is -2.76. The van der Waals surface area contributed by atoms with Gasteiger partial charge in [-0.15, -0.1) is 0 Å². The number of carbonyl (C=O) groups excluding carboxylic acids is 2. The lowest BCUT2D eigenvalue weighted by Crippen LogP contribution is -2.43. The van der Waals surface area contributed by atoms with E-state index in [1.165, 1.54) is 0 Å². The molecular weight excluding hydrogens is 390 g/mol. The summed E-state index contributed by atoms with van der Waals surface area (Å²) in [6, 6.07) is 12.5. The number of ether oxygens (including phenoxy) is 1. The molecule has 1 N–H and O–H groups in total. The van der Waals surface area contributed by atoms with Crippen molar-refractivity contribution in [3.63, 3.8) is 0 Å². The summed E-state index contributed by atoms with van der Waals surface area (Å²) in [6.45, 7) is 5.67. The second-order valence-electron chi connectivity index (χ2n) is 8.64. The van der Waals surface area contributed by atoms with E-state index in [4.69, 9.17) is 4.74 Å². The Balaban J connectivity index is 1.41. The van der Waals surface area contributed by atoms with Crippen LogP contribution in [0.5, 0.6) is 0 Å². The van der Waals surface area contributed by atoms with E-state index in [1.54, 1.807) is 0 Å². The summed E-state index contributed by atoms with van der Waals surface area (Å²) in [7, 11) is 0. The van der Waals surface area contributed by atoms with Crippen molar-refractivity contribution < 1.29 is 14.3 Å². The Morgan fingerprint density at radius 2 is 1.84 bits per heavy atom. The predicted molar refractivity (Wildman–Crippen MR) is 120 cm³/mol. The van der Waals surface area contributed by atoms with E-state index in [0.29, 0.717) is 25.6 Å². The highest BCUT2D eigenvalue weighted by Crippen LogP contribution is 2.34. The summed E-state index contributed by atoms with van der Waals surface area (Å²) in [5, 5.41) is 3.20. The fourth-order valence-electron chi connectivity index (χ4n) is 5.06. The van der Waals surface area contributed by atoms with Gasteiger partial charge in [0.05, 0.1) is 30.8 Å². The second-order valence-corrected chi connectivity index (χ2v) is 8.64. The van der Waals surface area contributed by atoms with Crippen LogP contribution in [0.3, 0.4) is 0 Å². The molecule has 1 atom stereocenters. The average Bonchev–Trinajstić information content (AvgIpc) is 3.22. The molecule has 2 aliphatic rings. The maximum atomic E-state index is 13.3. The van der Waals surface area contributed by atoms with E-state index >= 15 is 0 Å². The number of hydrogen-bond donors (Lipinski definition) is 1. The molecule has 1 aromatic carbocycles. The third-order valence-electron chi connectivity index (χ3n) is 6.75. The minimum Gasteiger partial charge on any atom is -0.466 e. The lowest BCUT2D eigenvalue weighted by molar-refractivity contribution is -0.149. The quantitative estimate of drug-likeness (QED) is 0.701. The molecule has 0 bridgehead atoms. The Morgan fingerprint density at radius 3 is 2.58 bits per heavy atom. The van der Waals surface area contributed by atoms with Gasteiger partial charge in [0.15, 0.2) is 0 Å². The van der Waals surface area contributed by atoms with Crippen molar-refractivity contribution in [2.24, 2.45) is 11.8 Å². The largest absolute Gasteiger partial charge is 0.466 e. The van der Waals surface area contributed by atoms with E-state index in [9.17, 15) is 9.59 Å².